The van der Waals surface area contributed by atoms with Crippen LogP contribution in [0.2, 0.25) is 5.02 Å². The third-order valence-corrected chi connectivity index (χ3v) is 16.2. The number of rotatable bonds is 16. The first-order valence-corrected chi connectivity index (χ1v) is 28.2. The molecule has 0 aromatic heterocycles. The molecule has 3 aromatic rings. The van der Waals surface area contributed by atoms with Crippen LogP contribution in [0.15, 0.2) is 91.2 Å². The van der Waals surface area contributed by atoms with Gasteiger partial charge in [-0.15, -0.1) is 0 Å². The van der Waals surface area contributed by atoms with E-state index >= 15 is 4.39 Å². The van der Waals surface area contributed by atoms with Gasteiger partial charge in [-0.25, -0.2) is 9.18 Å². The summed E-state index contributed by atoms with van der Waals surface area (Å²) in [6.45, 7) is 16.6. The van der Waals surface area contributed by atoms with Gasteiger partial charge < -0.3 is 42.0 Å². The maximum atomic E-state index is 15.0. The molecule has 412 valence electrons. The van der Waals surface area contributed by atoms with E-state index in [1.54, 1.807) is 17.0 Å². The quantitative estimate of drug-likeness (QED) is 0.0760. The molecule has 8 N–H and O–H groups in total. The number of hydrogen-bond acceptors (Lipinski definition) is 9. The highest BCUT2D eigenvalue weighted by Gasteiger charge is 2.40. The van der Waals surface area contributed by atoms with E-state index in [1.165, 1.54) is 31.8 Å². The van der Waals surface area contributed by atoms with Gasteiger partial charge in [0.25, 0.3) is 5.91 Å². The van der Waals surface area contributed by atoms with E-state index in [4.69, 9.17) is 32.9 Å². The topological polar surface area (TPSA) is 187 Å². The number of ether oxygens (including phenoxy) is 1. The minimum absolute atomic E-state index is 0.00293. The molecule has 0 bridgehead atoms. The smallest absolute Gasteiger partial charge is 0.326 e. The molecular formula is C60H87ClFN7O6. The van der Waals surface area contributed by atoms with E-state index in [0.717, 1.165) is 106 Å². The maximum Gasteiger partial charge on any atom is 0.326 e. The summed E-state index contributed by atoms with van der Waals surface area (Å²) in [5.74, 6) is 1.32. The number of halogens is 2. The maximum absolute atomic E-state index is 15.0. The molecule has 2 aliphatic carbocycles. The van der Waals surface area contributed by atoms with Crippen molar-refractivity contribution in [3.05, 3.63) is 118 Å². The molecule has 5 unspecified atom stereocenters. The van der Waals surface area contributed by atoms with Crippen LogP contribution in [0.25, 0.3) is 0 Å². The second-order valence-electron chi connectivity index (χ2n) is 21.8. The summed E-state index contributed by atoms with van der Waals surface area (Å²) in [6, 6.07) is 21.2. The number of aliphatic hydroxyl groups excluding tert-OH is 2. The van der Waals surface area contributed by atoms with Crippen LogP contribution in [0.1, 0.15) is 138 Å². The van der Waals surface area contributed by atoms with Crippen molar-refractivity contribution in [1.29, 1.82) is 0 Å². The predicted molar refractivity (Wildman–Crippen MR) is 300 cm³/mol. The number of hydrogen-bond donors (Lipinski definition) is 6. The van der Waals surface area contributed by atoms with Crippen molar-refractivity contribution in [2.75, 3.05) is 57.3 Å². The van der Waals surface area contributed by atoms with Crippen molar-refractivity contribution in [2.24, 2.45) is 29.2 Å². The number of alkyl halides is 1. The van der Waals surface area contributed by atoms with Gasteiger partial charge in [0.15, 0.2) is 6.61 Å². The molecule has 8 rings (SSSR count). The molecule has 5 aliphatic rings. The molecule has 75 heavy (non-hydrogen) atoms. The van der Waals surface area contributed by atoms with E-state index in [0.29, 0.717) is 60.3 Å². The number of benzene rings is 3. The molecule has 0 radical (unpaired) electrons. The fourth-order valence-corrected chi connectivity index (χ4v) is 11.7. The zero-order chi connectivity index (χ0) is 54.0. The number of nitrogens with two attached hydrogens (primary N) is 2. The van der Waals surface area contributed by atoms with Crippen LogP contribution in [-0.2, 0) is 9.59 Å². The Hall–Kier alpha value is -4.83. The predicted octanol–water partition coefficient (Wildman–Crippen LogP) is 9.51. The molecule has 4 amide bonds. The molecule has 4 fully saturated rings. The highest BCUT2D eigenvalue weighted by atomic mass is 35.5. The second-order valence-corrected chi connectivity index (χ2v) is 22.2. The van der Waals surface area contributed by atoms with E-state index in [1.807, 2.05) is 86.3 Å². The number of aryl methyl sites for hydroxylation is 1. The lowest BCUT2D eigenvalue weighted by Crippen LogP contribution is -2.45. The van der Waals surface area contributed by atoms with Crippen LogP contribution in [0, 0.1) is 24.7 Å². The van der Waals surface area contributed by atoms with Crippen molar-refractivity contribution in [3.63, 3.8) is 0 Å². The van der Waals surface area contributed by atoms with Crippen molar-refractivity contribution in [2.45, 2.75) is 153 Å². The minimum atomic E-state index is -1.47. The van der Waals surface area contributed by atoms with Gasteiger partial charge in [0, 0.05) is 79.2 Å². The third kappa shape index (κ3) is 17.6. The Morgan fingerprint density at radius 1 is 0.920 bits per heavy atom. The summed E-state index contributed by atoms with van der Waals surface area (Å²) in [4.78, 5) is 43.8. The van der Waals surface area contributed by atoms with Gasteiger partial charge in [0.1, 0.15) is 18.0 Å². The van der Waals surface area contributed by atoms with Crippen molar-refractivity contribution in [1.82, 2.24) is 20.4 Å². The molecule has 3 aliphatic heterocycles. The van der Waals surface area contributed by atoms with Gasteiger partial charge in [0.2, 0.25) is 5.91 Å². The molecule has 15 heteroatoms. The first-order valence-electron chi connectivity index (χ1n) is 27.8. The van der Waals surface area contributed by atoms with Crippen molar-refractivity contribution >= 4 is 35.1 Å². The van der Waals surface area contributed by atoms with E-state index in [2.05, 4.69) is 29.0 Å². The van der Waals surface area contributed by atoms with E-state index < -0.39 is 18.2 Å². The Labute approximate surface area is 451 Å². The van der Waals surface area contributed by atoms with Crippen molar-refractivity contribution < 1.29 is 33.7 Å². The third-order valence-electron chi connectivity index (χ3n) is 15.8. The molecule has 7 atom stereocenters. The Morgan fingerprint density at radius 3 is 2.21 bits per heavy atom. The van der Waals surface area contributed by atoms with Gasteiger partial charge in [-0.3, -0.25) is 19.4 Å². The zero-order valence-corrected chi connectivity index (χ0v) is 45.9. The average molecular weight is 1060 g/mol. The summed E-state index contributed by atoms with van der Waals surface area (Å²) >= 11 is 6.46. The largest absolute Gasteiger partial charge is 0.484 e. The number of anilines is 1. The van der Waals surface area contributed by atoms with Gasteiger partial charge in [-0.1, -0.05) is 111 Å². The summed E-state index contributed by atoms with van der Waals surface area (Å²) in [5.41, 5.74) is 17.4. The molecular weight excluding hydrogens is 969 g/mol. The number of aliphatic hydroxyl groups is 2. The first kappa shape index (κ1) is 59.4. The monoisotopic (exact) mass is 1060 g/mol. The Balaban J connectivity index is 0.000000237. The lowest BCUT2D eigenvalue weighted by molar-refractivity contribution is -0.134. The molecule has 0 spiro atoms. The van der Waals surface area contributed by atoms with Crippen LogP contribution in [0.4, 0.5) is 14.9 Å². The summed E-state index contributed by atoms with van der Waals surface area (Å²) < 4.78 is 20.9. The summed E-state index contributed by atoms with van der Waals surface area (Å²) in [6.07, 6.45) is 15.0. The first-order chi connectivity index (χ1) is 36.0. The fraction of sp³-hybridized carbons (Fsp3) is 0.583. The Kier molecular flexibility index (Phi) is 23.5. The summed E-state index contributed by atoms with van der Waals surface area (Å²) in [7, 11) is 0. The molecule has 3 saturated heterocycles. The van der Waals surface area contributed by atoms with Crippen LogP contribution in [-0.4, -0.2) is 121 Å². The number of carbonyl (C=O) groups is 3. The van der Waals surface area contributed by atoms with Gasteiger partial charge in [-0.05, 0) is 131 Å². The highest BCUT2D eigenvalue weighted by Crippen LogP contribution is 2.42. The number of carbonyl (C=O) groups excluding carboxylic acids is 3. The lowest BCUT2D eigenvalue weighted by Gasteiger charge is -2.36. The van der Waals surface area contributed by atoms with Crippen LogP contribution >= 0.6 is 11.6 Å². The molecule has 3 aromatic carbocycles. The minimum Gasteiger partial charge on any atom is -0.484 e. The molecule has 13 nitrogen and oxygen atoms in total. The standard InChI is InChI=1S/C33H49N5O4.C22H26ClFN2O.C5H12O/c1-24-8-9-29(21-30(24)38-19-10-25(2)34-33(38)41)42-23-32(40)37-17-13-27(14-18-37)20-26-11-15-36(16-12-26)22-31(39)35-28-6-4-3-5-7-28;1-13(26)16-8-10-20(27)22(24)21(16)17-11-15(7-9-19(17)23)18(12-25)14-5-3-2-4-6-14;1-3-4-5(2)6/h8-9,21,26-28H,2-7,10-20,22-23H2,1H3,(H,34,41)(H,35,39);2-11,13,16,18,20-22,27H,12,25-26H2,1H3;5-6H,3-4H2,1-2H3/t;13-,16?,18?,20?,21?,22?;5-/m.01/s1. The van der Waals surface area contributed by atoms with Gasteiger partial charge in [0.05, 0.1) is 18.3 Å². The fourth-order valence-electron chi connectivity index (χ4n) is 11.4. The lowest BCUT2D eigenvalue weighted by atomic mass is 9.73. The van der Waals surface area contributed by atoms with Gasteiger partial charge >= 0.3 is 6.03 Å². The van der Waals surface area contributed by atoms with Crippen molar-refractivity contribution in [3.8, 4) is 5.75 Å². The number of nitrogens with one attached hydrogen (secondary N) is 2. The average Bonchev–Trinajstić information content (AvgIpc) is 3.39. The second kappa shape index (κ2) is 29.6. The number of piperidine rings is 2. The number of urea groups is 1. The summed E-state index contributed by atoms with van der Waals surface area (Å²) in [5, 5.41) is 25.1. The van der Waals surface area contributed by atoms with E-state index in [9.17, 15) is 19.5 Å². The normalized spacial score (nSPS) is 23.2. The number of nitrogens with zero attached hydrogens (tertiary/aromatic N) is 3. The molecule has 3 heterocycles. The molecule has 1 saturated carbocycles. The SMILES string of the molecule is C=C1CCN(c2cc(OCC(=O)N3CCC(CC4CCN(CC(=O)NC5CCCCC5)CC4)CC3)ccc2C)C(=O)N1.CCC[C@@H](C)O.C[C@H](N)C1C=CC(O)C(F)C1c1cc(C(CN)c2ccccc2)ccc1Cl. The van der Waals surface area contributed by atoms with Crippen LogP contribution < -0.4 is 31.7 Å². The van der Waals surface area contributed by atoms with Gasteiger partial charge in [-0.2, -0.15) is 0 Å². The van der Waals surface area contributed by atoms with E-state index in [-0.39, 0.29) is 48.4 Å². The number of amides is 4. The highest BCUT2D eigenvalue weighted by molar-refractivity contribution is 6.31. The number of likely N-dealkylation sites (tertiary alicyclic amines) is 2. The van der Waals surface area contributed by atoms with Crippen LogP contribution in [0.3, 0.4) is 0 Å². The zero-order valence-electron chi connectivity index (χ0n) is 45.1. The Morgan fingerprint density at radius 2 is 1.60 bits per heavy atom. The van der Waals surface area contributed by atoms with Crippen LogP contribution in [0.5, 0.6) is 5.75 Å². The Bertz CT molecular complexity index is 2310.